The lowest BCUT2D eigenvalue weighted by molar-refractivity contribution is -0.201. The molecule has 0 saturated carbocycles. The van der Waals surface area contributed by atoms with E-state index in [4.69, 9.17) is 4.74 Å². The SMILES string of the molecule is O=C(Cc1cccc(OCc2cc3c(-c4ccc(S(=O)(=O)N5CCCC5)cc4)ccnc3[nH]2)c1)OC(=O)C(F)(F)F. The fraction of sp³-hybridized carbons (Fsp3) is 0.250. The first-order valence-electron chi connectivity index (χ1n) is 12.6. The summed E-state index contributed by atoms with van der Waals surface area (Å²) in [7, 11) is -3.52. The first kappa shape index (κ1) is 28.3. The van der Waals surface area contributed by atoms with E-state index in [1.165, 1.54) is 16.4 Å². The Balaban J connectivity index is 1.27. The largest absolute Gasteiger partial charge is 0.491 e. The van der Waals surface area contributed by atoms with Crippen molar-refractivity contribution in [3.8, 4) is 16.9 Å². The number of alkyl halides is 3. The number of fused-ring (bicyclic) bond motifs is 1. The highest BCUT2D eigenvalue weighted by Crippen LogP contribution is 2.30. The normalized spacial score (nSPS) is 14.3. The number of sulfonamides is 1. The van der Waals surface area contributed by atoms with Crippen LogP contribution < -0.4 is 4.74 Å². The van der Waals surface area contributed by atoms with Crippen LogP contribution in [-0.2, 0) is 37.4 Å². The maximum Gasteiger partial charge on any atom is 0.491 e. The van der Waals surface area contributed by atoms with Gasteiger partial charge in [0.2, 0.25) is 10.0 Å². The molecule has 9 nitrogen and oxygen atoms in total. The van der Waals surface area contributed by atoms with Crippen molar-refractivity contribution in [3.05, 3.63) is 78.1 Å². The second kappa shape index (κ2) is 11.3. The fourth-order valence-electron chi connectivity index (χ4n) is 4.57. The van der Waals surface area contributed by atoms with Gasteiger partial charge in [0.25, 0.3) is 0 Å². The molecule has 2 aromatic carbocycles. The molecule has 1 fully saturated rings. The Labute approximate surface area is 233 Å². The van der Waals surface area contributed by atoms with Crippen LogP contribution in [0, 0.1) is 0 Å². The molecule has 3 heterocycles. The molecule has 2 aromatic heterocycles. The highest BCUT2D eigenvalue weighted by molar-refractivity contribution is 7.89. The first-order valence-corrected chi connectivity index (χ1v) is 14.1. The van der Waals surface area contributed by atoms with Gasteiger partial charge >= 0.3 is 18.1 Å². The van der Waals surface area contributed by atoms with Crippen LogP contribution in [0.4, 0.5) is 13.2 Å². The number of nitrogens with one attached hydrogen (secondary N) is 1. The molecule has 1 N–H and O–H groups in total. The summed E-state index contributed by atoms with van der Waals surface area (Å²) in [4.78, 5) is 30.4. The Kier molecular flexibility index (Phi) is 7.82. The summed E-state index contributed by atoms with van der Waals surface area (Å²) in [6.45, 7) is 1.15. The standard InChI is InChI=1S/C28H24F3N3O6S/c29-28(30,31)27(36)40-25(35)15-18-4-3-5-21(14-18)39-17-20-16-24-23(10-11-32-26(24)33-20)19-6-8-22(9-7-19)41(37,38)34-12-1-2-13-34/h3-11,14,16H,1-2,12-13,15,17H2,(H,32,33). The second-order valence-electron chi connectivity index (χ2n) is 9.42. The maximum absolute atomic E-state index is 12.9. The van der Waals surface area contributed by atoms with Crippen LogP contribution in [-0.4, -0.2) is 53.9 Å². The summed E-state index contributed by atoms with van der Waals surface area (Å²) < 4.78 is 73.8. The zero-order chi connectivity index (χ0) is 29.2. The molecule has 0 atom stereocenters. The van der Waals surface area contributed by atoms with Gasteiger partial charge in [0.1, 0.15) is 18.0 Å². The van der Waals surface area contributed by atoms with Crippen LogP contribution in [0.3, 0.4) is 0 Å². The highest BCUT2D eigenvalue weighted by atomic mass is 32.2. The third-order valence-electron chi connectivity index (χ3n) is 6.54. The number of halogens is 3. The number of ether oxygens (including phenoxy) is 2. The van der Waals surface area contributed by atoms with Crippen LogP contribution in [0.5, 0.6) is 5.75 Å². The molecule has 0 radical (unpaired) electrons. The number of H-pyrrole nitrogens is 1. The van der Waals surface area contributed by atoms with Gasteiger partial charge in [-0.15, -0.1) is 0 Å². The van der Waals surface area contributed by atoms with E-state index >= 15 is 0 Å². The van der Waals surface area contributed by atoms with Gasteiger partial charge in [-0.05, 0) is 65.9 Å². The predicted molar refractivity (Wildman–Crippen MR) is 141 cm³/mol. The zero-order valence-corrected chi connectivity index (χ0v) is 22.3. The van der Waals surface area contributed by atoms with Gasteiger partial charge in [-0.2, -0.15) is 17.5 Å². The van der Waals surface area contributed by atoms with Crippen molar-refractivity contribution in [1.82, 2.24) is 14.3 Å². The number of hydrogen-bond acceptors (Lipinski definition) is 7. The van der Waals surface area contributed by atoms with E-state index < -0.39 is 34.6 Å². The number of rotatable bonds is 8. The van der Waals surface area contributed by atoms with Gasteiger partial charge in [-0.3, -0.25) is 4.79 Å². The number of aromatic amines is 1. The number of pyridine rings is 1. The van der Waals surface area contributed by atoms with Crippen molar-refractivity contribution in [2.45, 2.75) is 36.9 Å². The molecule has 214 valence electrons. The van der Waals surface area contributed by atoms with Gasteiger partial charge in [0.05, 0.1) is 17.0 Å². The van der Waals surface area contributed by atoms with Crippen LogP contribution in [0.25, 0.3) is 22.2 Å². The highest BCUT2D eigenvalue weighted by Gasteiger charge is 2.42. The topological polar surface area (TPSA) is 119 Å². The summed E-state index contributed by atoms with van der Waals surface area (Å²) in [5.41, 5.74) is 3.23. The minimum atomic E-state index is -5.26. The van der Waals surface area contributed by atoms with E-state index in [9.17, 15) is 31.2 Å². The Morgan fingerprint density at radius 1 is 1.00 bits per heavy atom. The number of esters is 2. The number of hydrogen-bond donors (Lipinski definition) is 1. The van der Waals surface area contributed by atoms with Gasteiger partial charge < -0.3 is 14.5 Å². The van der Waals surface area contributed by atoms with Gasteiger partial charge in [0.15, 0.2) is 0 Å². The molecule has 0 bridgehead atoms. The van der Waals surface area contributed by atoms with Gasteiger partial charge in [0, 0.05) is 24.7 Å². The molecule has 5 rings (SSSR count). The van der Waals surface area contributed by atoms with Crippen molar-refractivity contribution < 1.29 is 40.7 Å². The molecule has 4 aromatic rings. The molecule has 0 aliphatic carbocycles. The Morgan fingerprint density at radius 2 is 1.73 bits per heavy atom. The van der Waals surface area contributed by atoms with E-state index in [1.807, 2.05) is 12.1 Å². The smallest absolute Gasteiger partial charge is 0.487 e. The molecule has 0 unspecified atom stereocenters. The zero-order valence-electron chi connectivity index (χ0n) is 21.5. The molecular formula is C28H24F3N3O6S. The average molecular weight is 588 g/mol. The van der Waals surface area contributed by atoms with Crippen LogP contribution in [0.2, 0.25) is 0 Å². The van der Waals surface area contributed by atoms with Crippen molar-refractivity contribution in [2.24, 2.45) is 0 Å². The molecule has 1 saturated heterocycles. The Bertz CT molecular complexity index is 1700. The van der Waals surface area contributed by atoms with Crippen molar-refractivity contribution in [2.75, 3.05) is 13.1 Å². The lowest BCUT2D eigenvalue weighted by Gasteiger charge is -2.15. The minimum Gasteiger partial charge on any atom is -0.487 e. The predicted octanol–water partition coefficient (Wildman–Crippen LogP) is 4.77. The van der Waals surface area contributed by atoms with E-state index in [0.29, 0.717) is 35.7 Å². The second-order valence-corrected chi connectivity index (χ2v) is 11.4. The fourth-order valence-corrected chi connectivity index (χ4v) is 6.08. The lowest BCUT2D eigenvalue weighted by atomic mass is 10.0. The molecule has 0 amide bonds. The summed E-state index contributed by atoms with van der Waals surface area (Å²) in [6, 6.07) is 16.5. The van der Waals surface area contributed by atoms with E-state index in [1.54, 1.807) is 42.6 Å². The number of aromatic nitrogens is 2. The molecule has 41 heavy (non-hydrogen) atoms. The Morgan fingerprint density at radius 3 is 2.44 bits per heavy atom. The van der Waals surface area contributed by atoms with Crippen LogP contribution in [0.1, 0.15) is 24.1 Å². The summed E-state index contributed by atoms with van der Waals surface area (Å²) in [5.74, 6) is -3.55. The molecular weight excluding hydrogens is 563 g/mol. The summed E-state index contributed by atoms with van der Waals surface area (Å²) in [6.07, 6.45) is -2.44. The van der Waals surface area contributed by atoms with Crippen molar-refractivity contribution in [1.29, 1.82) is 0 Å². The van der Waals surface area contributed by atoms with Crippen molar-refractivity contribution in [3.63, 3.8) is 0 Å². The molecule has 1 aliphatic heterocycles. The minimum absolute atomic E-state index is 0.0866. The number of carbonyl (C=O) groups excluding carboxylic acids is 2. The van der Waals surface area contributed by atoms with Crippen LogP contribution >= 0.6 is 0 Å². The van der Waals surface area contributed by atoms with Gasteiger partial charge in [-0.1, -0.05) is 24.3 Å². The van der Waals surface area contributed by atoms with Crippen molar-refractivity contribution >= 4 is 33.0 Å². The van der Waals surface area contributed by atoms with Gasteiger partial charge in [-0.25, -0.2) is 18.2 Å². The summed E-state index contributed by atoms with van der Waals surface area (Å²) in [5, 5.41) is 0.798. The molecule has 1 aliphatic rings. The van der Waals surface area contributed by atoms with E-state index in [-0.39, 0.29) is 11.5 Å². The number of benzene rings is 2. The third kappa shape index (κ3) is 6.41. The molecule has 0 spiro atoms. The first-order chi connectivity index (χ1) is 19.5. The third-order valence-corrected chi connectivity index (χ3v) is 8.45. The monoisotopic (exact) mass is 587 g/mol. The lowest BCUT2D eigenvalue weighted by Crippen LogP contribution is -2.28. The number of nitrogens with zero attached hydrogens (tertiary/aromatic N) is 2. The van der Waals surface area contributed by atoms with Crippen LogP contribution in [0.15, 0.2) is 71.8 Å². The Hall–Kier alpha value is -4.23. The van der Waals surface area contributed by atoms with E-state index in [2.05, 4.69) is 14.7 Å². The number of carbonyl (C=O) groups is 2. The average Bonchev–Trinajstić information content (AvgIpc) is 3.62. The quantitative estimate of drug-likeness (QED) is 0.233. The maximum atomic E-state index is 12.9. The van der Waals surface area contributed by atoms with E-state index in [0.717, 1.165) is 29.4 Å². The molecule has 13 heteroatoms. The summed E-state index contributed by atoms with van der Waals surface area (Å²) >= 11 is 0.